The van der Waals surface area contributed by atoms with E-state index in [1.165, 1.54) is 18.2 Å². The Morgan fingerprint density at radius 1 is 1.53 bits per heavy atom. The number of hydrogen-bond acceptors (Lipinski definition) is 2. The molecule has 0 atom stereocenters. The van der Waals surface area contributed by atoms with Crippen LogP contribution in [0.25, 0.3) is 11.0 Å². The number of fused-ring (bicyclic) bond motifs is 1. The fraction of sp³-hybridized carbons (Fsp3) is 0.182. The molecular weight excluding hydrogens is 197 g/mol. The van der Waals surface area contributed by atoms with E-state index in [2.05, 4.69) is 0 Å². The van der Waals surface area contributed by atoms with Gasteiger partial charge in [-0.1, -0.05) is 6.92 Å². The second kappa shape index (κ2) is 3.38. The minimum Gasteiger partial charge on any atom is -0.451 e. The monoisotopic (exact) mass is 207 g/mol. The van der Waals surface area contributed by atoms with Gasteiger partial charge in [0.15, 0.2) is 5.76 Å². The summed E-state index contributed by atoms with van der Waals surface area (Å²) in [6, 6.07) is 4.14. The highest BCUT2D eigenvalue weighted by Gasteiger charge is 2.16. The van der Waals surface area contributed by atoms with Gasteiger partial charge in [-0.25, -0.2) is 4.39 Å². The van der Waals surface area contributed by atoms with Crippen molar-refractivity contribution >= 4 is 16.9 Å². The van der Waals surface area contributed by atoms with Gasteiger partial charge >= 0.3 is 0 Å². The lowest BCUT2D eigenvalue weighted by Crippen LogP contribution is -2.11. The molecule has 0 aliphatic rings. The topological polar surface area (TPSA) is 56.2 Å². The maximum absolute atomic E-state index is 13.0. The highest BCUT2D eigenvalue weighted by atomic mass is 19.1. The molecule has 1 aromatic heterocycles. The van der Waals surface area contributed by atoms with Gasteiger partial charge in [0.25, 0.3) is 5.91 Å². The van der Waals surface area contributed by atoms with Gasteiger partial charge in [-0.15, -0.1) is 0 Å². The third kappa shape index (κ3) is 1.48. The molecule has 2 rings (SSSR count). The summed E-state index contributed by atoms with van der Waals surface area (Å²) in [7, 11) is 0. The van der Waals surface area contributed by atoms with Crippen LogP contribution in [-0.2, 0) is 6.42 Å². The van der Waals surface area contributed by atoms with Crippen molar-refractivity contribution < 1.29 is 13.6 Å². The van der Waals surface area contributed by atoms with Crippen LogP contribution in [0.1, 0.15) is 23.0 Å². The van der Waals surface area contributed by atoms with E-state index in [9.17, 15) is 9.18 Å². The Labute approximate surface area is 85.7 Å². The molecule has 0 radical (unpaired) electrons. The number of carbonyl (C=O) groups excluding carboxylic acids is 1. The molecule has 2 aromatic rings. The third-order valence-electron chi connectivity index (χ3n) is 2.33. The van der Waals surface area contributed by atoms with Crippen LogP contribution < -0.4 is 5.73 Å². The summed E-state index contributed by atoms with van der Waals surface area (Å²) in [5.41, 5.74) is 6.32. The van der Waals surface area contributed by atoms with Crippen molar-refractivity contribution in [3.63, 3.8) is 0 Å². The Hall–Kier alpha value is -1.84. The smallest absolute Gasteiger partial charge is 0.284 e. The molecule has 0 bridgehead atoms. The molecule has 0 unspecified atom stereocenters. The predicted octanol–water partition coefficient (Wildman–Crippen LogP) is 2.23. The Morgan fingerprint density at radius 2 is 2.27 bits per heavy atom. The van der Waals surface area contributed by atoms with E-state index in [0.717, 1.165) is 0 Å². The number of rotatable bonds is 2. The fourth-order valence-electron chi connectivity index (χ4n) is 1.67. The number of carbonyl (C=O) groups is 1. The van der Waals surface area contributed by atoms with Crippen LogP contribution in [0.4, 0.5) is 4.39 Å². The average Bonchev–Trinajstić information content (AvgIpc) is 2.55. The average molecular weight is 207 g/mol. The molecule has 1 heterocycles. The lowest BCUT2D eigenvalue weighted by molar-refractivity contribution is 0.0975. The van der Waals surface area contributed by atoms with E-state index >= 15 is 0 Å². The van der Waals surface area contributed by atoms with Crippen molar-refractivity contribution in [3.8, 4) is 0 Å². The zero-order valence-electron chi connectivity index (χ0n) is 8.21. The number of primary amides is 1. The molecular formula is C11H10FNO2. The molecule has 1 aromatic carbocycles. The molecule has 0 saturated carbocycles. The Kier molecular flexibility index (Phi) is 2.19. The largest absolute Gasteiger partial charge is 0.451 e. The van der Waals surface area contributed by atoms with Crippen LogP contribution in [0, 0.1) is 5.82 Å². The molecule has 3 nitrogen and oxygen atoms in total. The maximum Gasteiger partial charge on any atom is 0.284 e. The normalized spacial score (nSPS) is 10.8. The van der Waals surface area contributed by atoms with Crippen LogP contribution in [0.15, 0.2) is 22.6 Å². The van der Waals surface area contributed by atoms with Crippen molar-refractivity contribution in [2.45, 2.75) is 13.3 Å². The first kappa shape index (κ1) is 9.71. The van der Waals surface area contributed by atoms with E-state index in [1.54, 1.807) is 0 Å². The van der Waals surface area contributed by atoms with Crippen LogP contribution in [-0.4, -0.2) is 5.91 Å². The van der Waals surface area contributed by atoms with Crippen molar-refractivity contribution in [1.82, 2.24) is 0 Å². The van der Waals surface area contributed by atoms with Gasteiger partial charge in [0.05, 0.1) is 0 Å². The third-order valence-corrected chi connectivity index (χ3v) is 2.33. The predicted molar refractivity (Wildman–Crippen MR) is 54.1 cm³/mol. The molecule has 1 amide bonds. The van der Waals surface area contributed by atoms with Gasteiger partial charge in [0.2, 0.25) is 0 Å². The number of furan rings is 1. The number of aryl methyl sites for hydroxylation is 1. The first-order chi connectivity index (χ1) is 7.13. The van der Waals surface area contributed by atoms with Crippen molar-refractivity contribution in [3.05, 3.63) is 35.3 Å². The van der Waals surface area contributed by atoms with Crippen molar-refractivity contribution in [2.24, 2.45) is 5.73 Å². The Balaban J connectivity index is 2.79. The minimum absolute atomic E-state index is 0.123. The summed E-state index contributed by atoms with van der Waals surface area (Å²) in [5.74, 6) is -0.851. The summed E-state index contributed by atoms with van der Waals surface area (Å²) < 4.78 is 18.3. The Morgan fingerprint density at radius 3 is 2.87 bits per heavy atom. The van der Waals surface area contributed by atoms with Gasteiger partial charge in [0, 0.05) is 10.9 Å². The van der Waals surface area contributed by atoms with E-state index < -0.39 is 5.91 Å². The standard InChI is InChI=1S/C11H10FNO2/c1-2-7-8-5-6(12)3-4-9(8)15-10(7)11(13)14/h3-5H,2H2,1H3,(H2,13,14). The molecule has 78 valence electrons. The van der Waals surface area contributed by atoms with Crippen LogP contribution in [0.3, 0.4) is 0 Å². The molecule has 4 heteroatoms. The van der Waals surface area contributed by atoms with E-state index in [0.29, 0.717) is 23.0 Å². The second-order valence-corrected chi connectivity index (χ2v) is 3.27. The number of benzene rings is 1. The fourth-order valence-corrected chi connectivity index (χ4v) is 1.67. The maximum atomic E-state index is 13.0. The zero-order valence-corrected chi connectivity index (χ0v) is 8.21. The SMILES string of the molecule is CCc1c(C(N)=O)oc2ccc(F)cc12. The first-order valence-corrected chi connectivity index (χ1v) is 4.64. The molecule has 0 fully saturated rings. The first-order valence-electron chi connectivity index (χ1n) is 4.64. The number of amides is 1. The number of halogens is 1. The van der Waals surface area contributed by atoms with E-state index in [1.807, 2.05) is 6.92 Å². The van der Waals surface area contributed by atoms with E-state index in [4.69, 9.17) is 10.2 Å². The van der Waals surface area contributed by atoms with Gasteiger partial charge in [-0.2, -0.15) is 0 Å². The highest BCUT2D eigenvalue weighted by Crippen LogP contribution is 2.26. The van der Waals surface area contributed by atoms with E-state index in [-0.39, 0.29) is 11.6 Å². The van der Waals surface area contributed by atoms with Gasteiger partial charge in [0.1, 0.15) is 11.4 Å². The molecule has 15 heavy (non-hydrogen) atoms. The summed E-state index contributed by atoms with van der Waals surface area (Å²) >= 11 is 0. The quantitative estimate of drug-likeness (QED) is 0.820. The minimum atomic E-state index is -0.622. The molecule has 0 aliphatic heterocycles. The summed E-state index contributed by atoms with van der Waals surface area (Å²) in [4.78, 5) is 11.1. The highest BCUT2D eigenvalue weighted by molar-refractivity contribution is 5.98. The van der Waals surface area contributed by atoms with Crippen molar-refractivity contribution in [2.75, 3.05) is 0 Å². The zero-order chi connectivity index (χ0) is 11.0. The van der Waals surface area contributed by atoms with Crippen LogP contribution in [0.2, 0.25) is 0 Å². The van der Waals surface area contributed by atoms with Crippen LogP contribution in [0.5, 0.6) is 0 Å². The summed E-state index contributed by atoms with van der Waals surface area (Å²) in [5, 5.41) is 0.617. The van der Waals surface area contributed by atoms with Gasteiger partial charge in [-0.05, 0) is 24.6 Å². The molecule has 0 spiro atoms. The number of hydrogen-bond donors (Lipinski definition) is 1. The van der Waals surface area contributed by atoms with Crippen LogP contribution >= 0.6 is 0 Å². The second-order valence-electron chi connectivity index (χ2n) is 3.27. The lowest BCUT2D eigenvalue weighted by Gasteiger charge is -1.94. The molecule has 2 N–H and O–H groups in total. The Bertz CT molecular complexity index is 531. The van der Waals surface area contributed by atoms with Gasteiger partial charge < -0.3 is 10.2 Å². The number of nitrogens with two attached hydrogens (primary N) is 1. The lowest BCUT2D eigenvalue weighted by atomic mass is 10.1. The summed E-state index contributed by atoms with van der Waals surface area (Å²) in [6.07, 6.45) is 0.578. The van der Waals surface area contributed by atoms with Crippen molar-refractivity contribution in [1.29, 1.82) is 0 Å². The molecule has 0 aliphatic carbocycles. The summed E-state index contributed by atoms with van der Waals surface area (Å²) in [6.45, 7) is 1.86. The molecule has 0 saturated heterocycles. The van der Waals surface area contributed by atoms with Gasteiger partial charge in [-0.3, -0.25) is 4.79 Å².